The standard InChI is InChI=1S/C21H22N4O3/c1-4-28-18-11-5-15(6-12-18)14(2)22-25-21(26)20-13-19(23-24-20)16-7-9-17(27-3)10-8-16/h5-13H,4H2,1-3H3,(H,23,24)(H,25,26)/b22-14-. The first-order valence-corrected chi connectivity index (χ1v) is 8.88. The molecule has 0 radical (unpaired) electrons. The van der Waals surface area contributed by atoms with Crippen LogP contribution in [0.3, 0.4) is 0 Å². The predicted molar refractivity (Wildman–Crippen MR) is 108 cm³/mol. The van der Waals surface area contributed by atoms with Crippen LogP contribution in [-0.4, -0.2) is 35.5 Å². The third kappa shape index (κ3) is 4.56. The molecule has 0 aliphatic rings. The molecule has 7 heteroatoms. The van der Waals surface area contributed by atoms with Gasteiger partial charge >= 0.3 is 0 Å². The van der Waals surface area contributed by atoms with Gasteiger partial charge in [-0.3, -0.25) is 9.89 Å². The minimum absolute atomic E-state index is 0.328. The van der Waals surface area contributed by atoms with Crippen molar-refractivity contribution in [1.29, 1.82) is 0 Å². The van der Waals surface area contributed by atoms with Gasteiger partial charge < -0.3 is 9.47 Å². The van der Waals surface area contributed by atoms with Crippen LogP contribution in [0, 0.1) is 0 Å². The molecule has 3 rings (SSSR count). The number of H-pyrrole nitrogens is 1. The van der Waals surface area contributed by atoms with Crippen molar-refractivity contribution in [1.82, 2.24) is 15.6 Å². The highest BCUT2D eigenvalue weighted by atomic mass is 16.5. The van der Waals surface area contributed by atoms with E-state index in [1.807, 2.05) is 62.4 Å². The molecule has 0 atom stereocenters. The van der Waals surface area contributed by atoms with E-state index in [4.69, 9.17) is 9.47 Å². The van der Waals surface area contributed by atoms with Crippen molar-refractivity contribution < 1.29 is 14.3 Å². The maximum absolute atomic E-state index is 12.3. The number of hydrazone groups is 1. The number of nitrogens with zero attached hydrogens (tertiary/aromatic N) is 2. The van der Waals surface area contributed by atoms with Gasteiger partial charge in [0.25, 0.3) is 5.91 Å². The number of rotatable bonds is 7. The second-order valence-corrected chi connectivity index (χ2v) is 5.99. The smallest absolute Gasteiger partial charge is 0.289 e. The Kier molecular flexibility index (Phi) is 6.06. The molecule has 28 heavy (non-hydrogen) atoms. The molecular formula is C21H22N4O3. The molecule has 3 aromatic rings. The second-order valence-electron chi connectivity index (χ2n) is 5.99. The zero-order valence-corrected chi connectivity index (χ0v) is 16.0. The van der Waals surface area contributed by atoms with E-state index in [-0.39, 0.29) is 5.91 Å². The Balaban J connectivity index is 1.65. The van der Waals surface area contributed by atoms with Crippen molar-refractivity contribution in [3.63, 3.8) is 0 Å². The van der Waals surface area contributed by atoms with Crippen LogP contribution in [0.5, 0.6) is 11.5 Å². The lowest BCUT2D eigenvalue weighted by molar-refractivity contribution is 0.0950. The number of methoxy groups -OCH3 is 1. The van der Waals surface area contributed by atoms with Crippen molar-refractivity contribution >= 4 is 11.6 Å². The molecule has 7 nitrogen and oxygen atoms in total. The summed E-state index contributed by atoms with van der Waals surface area (Å²) >= 11 is 0. The van der Waals surface area contributed by atoms with Gasteiger partial charge in [-0.15, -0.1) is 0 Å². The number of ether oxygens (including phenoxy) is 2. The van der Waals surface area contributed by atoms with Crippen LogP contribution in [0.1, 0.15) is 29.9 Å². The number of benzene rings is 2. The predicted octanol–water partition coefficient (Wildman–Crippen LogP) is 3.64. The molecule has 0 fully saturated rings. The summed E-state index contributed by atoms with van der Waals surface area (Å²) in [5, 5.41) is 11.1. The number of carbonyl (C=O) groups is 1. The summed E-state index contributed by atoms with van der Waals surface area (Å²) in [5.74, 6) is 1.19. The molecule has 0 spiro atoms. The number of hydrogen-bond donors (Lipinski definition) is 2. The molecule has 0 aliphatic carbocycles. The number of carbonyl (C=O) groups excluding carboxylic acids is 1. The molecule has 2 aromatic carbocycles. The second kappa shape index (κ2) is 8.85. The summed E-state index contributed by atoms with van der Waals surface area (Å²) in [5.41, 5.74) is 6.00. The third-order valence-corrected chi connectivity index (χ3v) is 4.12. The van der Waals surface area contributed by atoms with Crippen LogP contribution < -0.4 is 14.9 Å². The van der Waals surface area contributed by atoms with Crippen LogP contribution in [-0.2, 0) is 0 Å². The van der Waals surface area contributed by atoms with Crippen molar-refractivity contribution in [2.45, 2.75) is 13.8 Å². The van der Waals surface area contributed by atoms with Crippen molar-refractivity contribution in [3.05, 3.63) is 65.9 Å². The lowest BCUT2D eigenvalue weighted by atomic mass is 10.1. The number of hydrogen-bond acceptors (Lipinski definition) is 5. The number of aromatic nitrogens is 2. The van der Waals surface area contributed by atoms with Gasteiger partial charge in [0, 0.05) is 5.56 Å². The maximum atomic E-state index is 12.3. The van der Waals surface area contributed by atoms with Crippen LogP contribution in [0.15, 0.2) is 59.7 Å². The molecule has 144 valence electrons. The minimum Gasteiger partial charge on any atom is -0.497 e. The Labute approximate surface area is 163 Å². The number of nitrogens with one attached hydrogen (secondary N) is 2. The number of amides is 1. The summed E-state index contributed by atoms with van der Waals surface area (Å²) in [6.45, 7) is 4.38. The van der Waals surface area contributed by atoms with E-state index >= 15 is 0 Å². The molecule has 1 aromatic heterocycles. The summed E-state index contributed by atoms with van der Waals surface area (Å²) in [6, 6.07) is 16.7. The normalized spacial score (nSPS) is 11.2. The topological polar surface area (TPSA) is 88.6 Å². The molecular weight excluding hydrogens is 356 g/mol. The van der Waals surface area contributed by atoms with E-state index in [1.54, 1.807) is 13.2 Å². The Bertz CT molecular complexity index is 960. The fourth-order valence-electron chi connectivity index (χ4n) is 2.57. The van der Waals surface area contributed by atoms with Crippen LogP contribution in [0.25, 0.3) is 11.3 Å². The van der Waals surface area contributed by atoms with Crippen LogP contribution in [0.4, 0.5) is 0 Å². The third-order valence-electron chi connectivity index (χ3n) is 4.12. The summed E-state index contributed by atoms with van der Waals surface area (Å²) in [6.07, 6.45) is 0. The van der Waals surface area contributed by atoms with Gasteiger partial charge in [0.15, 0.2) is 0 Å². The maximum Gasteiger partial charge on any atom is 0.289 e. The van der Waals surface area contributed by atoms with Crippen molar-refractivity contribution in [2.24, 2.45) is 5.10 Å². The Morgan fingerprint density at radius 2 is 1.79 bits per heavy atom. The number of aromatic amines is 1. The highest BCUT2D eigenvalue weighted by molar-refractivity contribution is 6.00. The molecule has 0 saturated carbocycles. The van der Waals surface area contributed by atoms with Gasteiger partial charge in [0.05, 0.1) is 25.1 Å². The van der Waals surface area contributed by atoms with Crippen molar-refractivity contribution in [3.8, 4) is 22.8 Å². The van der Waals surface area contributed by atoms with Crippen LogP contribution >= 0.6 is 0 Å². The van der Waals surface area contributed by atoms with E-state index in [0.717, 1.165) is 22.6 Å². The summed E-state index contributed by atoms with van der Waals surface area (Å²) in [4.78, 5) is 12.3. The van der Waals surface area contributed by atoms with Gasteiger partial charge in [-0.25, -0.2) is 5.43 Å². The zero-order chi connectivity index (χ0) is 19.9. The minimum atomic E-state index is -0.363. The van der Waals surface area contributed by atoms with Gasteiger partial charge in [0.1, 0.15) is 17.2 Å². The average molecular weight is 378 g/mol. The summed E-state index contributed by atoms with van der Waals surface area (Å²) in [7, 11) is 1.61. The largest absolute Gasteiger partial charge is 0.497 e. The highest BCUT2D eigenvalue weighted by Crippen LogP contribution is 2.21. The average Bonchev–Trinajstić information content (AvgIpc) is 3.23. The molecule has 1 heterocycles. The lowest BCUT2D eigenvalue weighted by Gasteiger charge is -2.05. The molecule has 0 aliphatic heterocycles. The van der Waals surface area contributed by atoms with Crippen molar-refractivity contribution in [2.75, 3.05) is 13.7 Å². The lowest BCUT2D eigenvalue weighted by Crippen LogP contribution is -2.19. The van der Waals surface area contributed by atoms with Crippen LogP contribution in [0.2, 0.25) is 0 Å². The monoisotopic (exact) mass is 378 g/mol. The highest BCUT2D eigenvalue weighted by Gasteiger charge is 2.11. The van der Waals surface area contributed by atoms with E-state index in [1.165, 1.54) is 0 Å². The fraction of sp³-hybridized carbons (Fsp3) is 0.190. The SMILES string of the molecule is CCOc1ccc(/C(C)=N\NC(=O)c2cc(-c3ccc(OC)cc3)n[nH]2)cc1. The Hall–Kier alpha value is -3.61. The van der Waals surface area contributed by atoms with E-state index in [2.05, 4.69) is 20.7 Å². The van der Waals surface area contributed by atoms with Gasteiger partial charge in [-0.2, -0.15) is 10.2 Å². The van der Waals surface area contributed by atoms with Gasteiger partial charge in [0.2, 0.25) is 0 Å². The zero-order valence-electron chi connectivity index (χ0n) is 16.0. The van der Waals surface area contributed by atoms with Gasteiger partial charge in [-0.1, -0.05) is 0 Å². The fourth-order valence-corrected chi connectivity index (χ4v) is 2.57. The molecule has 2 N–H and O–H groups in total. The first-order valence-electron chi connectivity index (χ1n) is 8.88. The van der Waals surface area contributed by atoms with E-state index < -0.39 is 0 Å². The summed E-state index contributed by atoms with van der Waals surface area (Å²) < 4.78 is 10.6. The first-order chi connectivity index (χ1) is 13.6. The molecule has 0 saturated heterocycles. The quantitative estimate of drug-likeness (QED) is 0.485. The Morgan fingerprint density at radius 1 is 1.11 bits per heavy atom. The molecule has 0 unspecified atom stereocenters. The first kappa shape index (κ1) is 19.2. The van der Waals surface area contributed by atoms with E-state index in [0.29, 0.717) is 23.7 Å². The van der Waals surface area contributed by atoms with Gasteiger partial charge in [-0.05, 0) is 74.0 Å². The van der Waals surface area contributed by atoms with E-state index in [9.17, 15) is 4.79 Å². The molecule has 0 bridgehead atoms. The molecule has 1 amide bonds. The Morgan fingerprint density at radius 3 is 2.43 bits per heavy atom.